The highest BCUT2D eigenvalue weighted by Gasteiger charge is 2.33. The van der Waals surface area contributed by atoms with Crippen LogP contribution in [0.4, 0.5) is 8.78 Å². The number of rotatable bonds is 2. The van der Waals surface area contributed by atoms with Gasteiger partial charge in [-0.05, 0) is 36.6 Å². The molecule has 0 spiro atoms. The monoisotopic (exact) mass is 261 g/mol. The molecule has 19 heavy (non-hydrogen) atoms. The van der Waals surface area contributed by atoms with E-state index in [-0.39, 0.29) is 11.5 Å². The average Bonchev–Trinajstić information content (AvgIpc) is 2.82. The van der Waals surface area contributed by atoms with Crippen molar-refractivity contribution in [3.05, 3.63) is 65.0 Å². The number of pyridine rings is 1. The van der Waals surface area contributed by atoms with E-state index in [1.54, 1.807) is 6.20 Å². The van der Waals surface area contributed by atoms with Crippen LogP contribution in [0.15, 0.2) is 36.5 Å². The van der Waals surface area contributed by atoms with Gasteiger partial charge in [-0.25, -0.2) is 8.78 Å². The molecule has 0 aliphatic heterocycles. The molecule has 1 N–H and O–H groups in total. The zero-order valence-corrected chi connectivity index (χ0v) is 10.2. The van der Waals surface area contributed by atoms with E-state index in [2.05, 4.69) is 4.98 Å². The minimum Gasteiger partial charge on any atom is -0.387 e. The molecule has 2 aromatic rings. The van der Waals surface area contributed by atoms with Gasteiger partial charge in [-0.1, -0.05) is 12.1 Å². The highest BCUT2D eigenvalue weighted by molar-refractivity contribution is 5.33. The van der Waals surface area contributed by atoms with Gasteiger partial charge in [-0.15, -0.1) is 0 Å². The van der Waals surface area contributed by atoms with Gasteiger partial charge in [0, 0.05) is 17.8 Å². The lowest BCUT2D eigenvalue weighted by Crippen LogP contribution is -2.13. The van der Waals surface area contributed by atoms with E-state index < -0.39 is 17.7 Å². The molecular formula is C15H13F2NO. The Morgan fingerprint density at radius 2 is 1.89 bits per heavy atom. The summed E-state index contributed by atoms with van der Waals surface area (Å²) in [5.74, 6) is -1.77. The van der Waals surface area contributed by atoms with Crippen LogP contribution >= 0.6 is 0 Å². The predicted molar refractivity (Wildman–Crippen MR) is 66.6 cm³/mol. The standard InChI is InChI=1S/C15H13F2NO/c16-11-4-1-5-12(17)13(11)15(19)10-7-6-9-3-2-8-18-14(9)10/h1-5,8,10,15,19H,6-7H2. The summed E-state index contributed by atoms with van der Waals surface area (Å²) in [6.45, 7) is 0. The fraction of sp³-hybridized carbons (Fsp3) is 0.267. The summed E-state index contributed by atoms with van der Waals surface area (Å²) in [6, 6.07) is 7.39. The Morgan fingerprint density at radius 1 is 1.16 bits per heavy atom. The van der Waals surface area contributed by atoms with Gasteiger partial charge in [0.1, 0.15) is 11.6 Å². The maximum Gasteiger partial charge on any atom is 0.131 e. The van der Waals surface area contributed by atoms with E-state index >= 15 is 0 Å². The van der Waals surface area contributed by atoms with Gasteiger partial charge in [-0.2, -0.15) is 0 Å². The molecule has 0 saturated heterocycles. The van der Waals surface area contributed by atoms with Crippen molar-refractivity contribution in [1.29, 1.82) is 0 Å². The van der Waals surface area contributed by atoms with Crippen molar-refractivity contribution < 1.29 is 13.9 Å². The topological polar surface area (TPSA) is 33.1 Å². The zero-order chi connectivity index (χ0) is 13.4. The molecule has 98 valence electrons. The second kappa shape index (κ2) is 4.70. The molecule has 0 bridgehead atoms. The van der Waals surface area contributed by atoms with Crippen molar-refractivity contribution >= 4 is 0 Å². The summed E-state index contributed by atoms with van der Waals surface area (Å²) < 4.78 is 27.4. The third-order valence-electron chi connectivity index (χ3n) is 3.68. The molecule has 1 aliphatic rings. The summed E-state index contributed by atoms with van der Waals surface area (Å²) in [6.07, 6.45) is 1.88. The van der Waals surface area contributed by atoms with Crippen LogP contribution in [0.1, 0.15) is 35.3 Å². The van der Waals surface area contributed by atoms with Gasteiger partial charge >= 0.3 is 0 Å². The molecular weight excluding hydrogens is 248 g/mol. The fourth-order valence-electron chi connectivity index (χ4n) is 2.75. The smallest absolute Gasteiger partial charge is 0.131 e. The SMILES string of the molecule is OC(c1c(F)cccc1F)C1CCc2cccnc21. The number of benzene rings is 1. The molecule has 1 heterocycles. The minimum atomic E-state index is -1.20. The van der Waals surface area contributed by atoms with Gasteiger partial charge in [-0.3, -0.25) is 4.98 Å². The molecule has 0 saturated carbocycles. The second-order valence-electron chi connectivity index (χ2n) is 4.77. The van der Waals surface area contributed by atoms with E-state index in [1.165, 1.54) is 6.07 Å². The van der Waals surface area contributed by atoms with Crippen LogP contribution in [0.5, 0.6) is 0 Å². The van der Waals surface area contributed by atoms with E-state index in [0.29, 0.717) is 6.42 Å². The number of nitrogens with zero attached hydrogens (tertiary/aromatic N) is 1. The Morgan fingerprint density at radius 3 is 2.63 bits per heavy atom. The zero-order valence-electron chi connectivity index (χ0n) is 10.2. The summed E-state index contributed by atoms with van der Waals surface area (Å²) in [7, 11) is 0. The van der Waals surface area contributed by atoms with Crippen LogP contribution < -0.4 is 0 Å². The van der Waals surface area contributed by atoms with Gasteiger partial charge in [0.25, 0.3) is 0 Å². The Balaban J connectivity index is 2.00. The Labute approximate surface area is 109 Å². The van der Waals surface area contributed by atoms with Crippen LogP contribution in [0, 0.1) is 11.6 Å². The summed E-state index contributed by atoms with van der Waals surface area (Å²) >= 11 is 0. The molecule has 0 amide bonds. The molecule has 3 rings (SSSR count). The van der Waals surface area contributed by atoms with Crippen molar-refractivity contribution in [2.75, 3.05) is 0 Å². The number of aromatic nitrogens is 1. The van der Waals surface area contributed by atoms with Crippen LogP contribution in [0.2, 0.25) is 0 Å². The van der Waals surface area contributed by atoms with Crippen molar-refractivity contribution in [1.82, 2.24) is 4.98 Å². The van der Waals surface area contributed by atoms with Crippen LogP contribution in [0.3, 0.4) is 0 Å². The molecule has 1 aromatic heterocycles. The first-order chi connectivity index (χ1) is 9.18. The van der Waals surface area contributed by atoms with E-state index in [9.17, 15) is 13.9 Å². The lowest BCUT2D eigenvalue weighted by molar-refractivity contribution is 0.134. The van der Waals surface area contributed by atoms with E-state index in [4.69, 9.17) is 0 Å². The number of aryl methyl sites for hydroxylation is 1. The molecule has 0 fully saturated rings. The first-order valence-corrected chi connectivity index (χ1v) is 6.24. The van der Waals surface area contributed by atoms with Crippen molar-refractivity contribution in [2.45, 2.75) is 24.9 Å². The lowest BCUT2D eigenvalue weighted by Gasteiger charge is -2.19. The van der Waals surface area contributed by atoms with Crippen LogP contribution in [0.25, 0.3) is 0 Å². The Kier molecular flexibility index (Phi) is 3.03. The third kappa shape index (κ3) is 2.02. The Bertz CT molecular complexity index is 595. The minimum absolute atomic E-state index is 0.258. The molecule has 1 aliphatic carbocycles. The molecule has 1 aromatic carbocycles. The fourth-order valence-corrected chi connectivity index (χ4v) is 2.75. The van der Waals surface area contributed by atoms with Gasteiger partial charge in [0.2, 0.25) is 0 Å². The lowest BCUT2D eigenvalue weighted by atomic mass is 9.93. The average molecular weight is 261 g/mol. The molecule has 2 atom stereocenters. The van der Waals surface area contributed by atoms with Gasteiger partial charge in [0.15, 0.2) is 0 Å². The molecule has 4 heteroatoms. The van der Waals surface area contributed by atoms with Crippen molar-refractivity contribution in [3.8, 4) is 0 Å². The predicted octanol–water partition coefficient (Wildman–Crippen LogP) is 3.12. The quantitative estimate of drug-likeness (QED) is 0.901. The molecule has 2 nitrogen and oxygen atoms in total. The highest BCUT2D eigenvalue weighted by atomic mass is 19.1. The summed E-state index contributed by atoms with van der Waals surface area (Å²) in [5.41, 5.74) is 1.53. The summed E-state index contributed by atoms with van der Waals surface area (Å²) in [4.78, 5) is 4.24. The van der Waals surface area contributed by atoms with Crippen molar-refractivity contribution in [2.24, 2.45) is 0 Å². The number of hydrogen-bond acceptors (Lipinski definition) is 2. The van der Waals surface area contributed by atoms with Crippen LogP contribution in [-0.2, 0) is 6.42 Å². The number of fused-ring (bicyclic) bond motifs is 1. The van der Waals surface area contributed by atoms with Gasteiger partial charge in [0.05, 0.1) is 11.7 Å². The molecule has 2 unspecified atom stereocenters. The number of halogens is 2. The number of aliphatic hydroxyl groups is 1. The first kappa shape index (κ1) is 12.2. The Hall–Kier alpha value is -1.81. The number of aliphatic hydroxyl groups excluding tert-OH is 1. The van der Waals surface area contributed by atoms with Gasteiger partial charge < -0.3 is 5.11 Å². The molecule has 0 radical (unpaired) electrons. The second-order valence-corrected chi connectivity index (χ2v) is 4.77. The third-order valence-corrected chi connectivity index (χ3v) is 3.68. The van der Waals surface area contributed by atoms with E-state index in [1.807, 2.05) is 12.1 Å². The normalized spacial score (nSPS) is 19.2. The van der Waals surface area contributed by atoms with E-state index in [0.717, 1.165) is 29.8 Å². The first-order valence-electron chi connectivity index (χ1n) is 6.24. The summed E-state index contributed by atoms with van der Waals surface area (Å²) in [5, 5.41) is 10.3. The maximum absolute atomic E-state index is 13.7. The van der Waals surface area contributed by atoms with Crippen molar-refractivity contribution in [3.63, 3.8) is 0 Å². The largest absolute Gasteiger partial charge is 0.387 e. The number of hydrogen-bond donors (Lipinski definition) is 1. The highest BCUT2D eigenvalue weighted by Crippen LogP contribution is 2.41. The maximum atomic E-state index is 13.7. The van der Waals surface area contributed by atoms with Crippen LogP contribution in [-0.4, -0.2) is 10.1 Å².